The number of amides is 1. The lowest BCUT2D eigenvalue weighted by Gasteiger charge is -2.22. The van der Waals surface area contributed by atoms with E-state index in [-0.39, 0.29) is 24.3 Å². The molecule has 0 heterocycles. The molecular formula is C27H29NO3. The number of hydrogen-bond acceptors (Lipinski definition) is 3. The van der Waals surface area contributed by atoms with Crippen molar-refractivity contribution in [3.63, 3.8) is 0 Å². The van der Waals surface area contributed by atoms with Crippen LogP contribution in [0.5, 0.6) is 0 Å². The fraction of sp³-hybridized carbons (Fsp3) is 0.259. The van der Waals surface area contributed by atoms with Crippen LogP contribution in [-0.4, -0.2) is 18.5 Å². The molecule has 1 atom stereocenters. The molecule has 0 saturated carbocycles. The average Bonchev–Trinajstić information content (AvgIpc) is 2.80. The molecule has 0 fully saturated rings. The number of carbonyl (C=O) groups is 2. The summed E-state index contributed by atoms with van der Waals surface area (Å²) in [6, 6.07) is 25.4. The van der Waals surface area contributed by atoms with Gasteiger partial charge in [-0.3, -0.25) is 4.79 Å². The highest BCUT2D eigenvalue weighted by Gasteiger charge is 2.18. The van der Waals surface area contributed by atoms with E-state index >= 15 is 0 Å². The predicted molar refractivity (Wildman–Crippen MR) is 124 cm³/mol. The van der Waals surface area contributed by atoms with Gasteiger partial charge < -0.3 is 10.1 Å². The zero-order chi connectivity index (χ0) is 22.1. The van der Waals surface area contributed by atoms with Crippen molar-refractivity contribution < 1.29 is 14.3 Å². The maximum absolute atomic E-state index is 12.8. The molecule has 3 rings (SSSR count). The topological polar surface area (TPSA) is 55.4 Å². The van der Waals surface area contributed by atoms with Gasteiger partial charge in [-0.05, 0) is 47.7 Å². The molecule has 160 valence electrons. The molecule has 31 heavy (non-hydrogen) atoms. The molecular weight excluding hydrogens is 386 g/mol. The van der Waals surface area contributed by atoms with E-state index in [1.807, 2.05) is 30.3 Å². The van der Waals surface area contributed by atoms with Gasteiger partial charge >= 0.3 is 5.97 Å². The van der Waals surface area contributed by atoms with Gasteiger partial charge in [0.15, 0.2) is 0 Å². The first kappa shape index (κ1) is 22.3. The van der Waals surface area contributed by atoms with Gasteiger partial charge in [0, 0.05) is 0 Å². The van der Waals surface area contributed by atoms with E-state index in [0.717, 1.165) is 35.1 Å². The second-order valence-electron chi connectivity index (χ2n) is 7.46. The van der Waals surface area contributed by atoms with Gasteiger partial charge in [-0.25, -0.2) is 4.79 Å². The summed E-state index contributed by atoms with van der Waals surface area (Å²) in [6.07, 6.45) is 2.08. The number of esters is 1. The third-order valence-electron chi connectivity index (χ3n) is 5.16. The molecule has 0 bridgehead atoms. The largest absolute Gasteiger partial charge is 0.462 e. The molecule has 1 amide bonds. The Morgan fingerprint density at radius 2 is 1.55 bits per heavy atom. The third kappa shape index (κ3) is 6.05. The van der Waals surface area contributed by atoms with Crippen LogP contribution in [0, 0.1) is 0 Å². The van der Waals surface area contributed by atoms with Gasteiger partial charge in [-0.2, -0.15) is 0 Å². The summed E-state index contributed by atoms with van der Waals surface area (Å²) in [5.74, 6) is -0.385. The summed E-state index contributed by atoms with van der Waals surface area (Å²) in [7, 11) is 0. The molecule has 0 aromatic heterocycles. The minimum atomic E-state index is -0.348. The lowest BCUT2D eigenvalue weighted by Crippen LogP contribution is -2.30. The quantitative estimate of drug-likeness (QED) is 0.454. The van der Waals surface area contributed by atoms with Gasteiger partial charge in [0.25, 0.3) is 0 Å². The van der Waals surface area contributed by atoms with E-state index in [1.165, 1.54) is 0 Å². The van der Waals surface area contributed by atoms with Crippen molar-refractivity contribution in [2.45, 2.75) is 39.2 Å². The van der Waals surface area contributed by atoms with Crippen molar-refractivity contribution in [2.75, 3.05) is 6.61 Å². The number of rotatable bonds is 9. The van der Waals surface area contributed by atoms with E-state index in [4.69, 9.17) is 4.74 Å². The lowest BCUT2D eigenvalue weighted by atomic mass is 9.92. The number of hydrogen-bond donors (Lipinski definition) is 1. The van der Waals surface area contributed by atoms with Crippen LogP contribution in [-0.2, 0) is 16.0 Å². The Morgan fingerprint density at radius 1 is 0.871 bits per heavy atom. The second kappa shape index (κ2) is 11.1. The molecule has 0 aliphatic heterocycles. The van der Waals surface area contributed by atoms with E-state index in [9.17, 15) is 9.59 Å². The maximum Gasteiger partial charge on any atom is 0.338 e. The Bertz CT molecular complexity index is 997. The first-order chi connectivity index (χ1) is 15.1. The Kier molecular flexibility index (Phi) is 7.99. The second-order valence-corrected chi connectivity index (χ2v) is 7.46. The van der Waals surface area contributed by atoms with E-state index in [0.29, 0.717) is 12.2 Å². The Balaban J connectivity index is 1.74. The van der Waals surface area contributed by atoms with Crippen LogP contribution in [0.3, 0.4) is 0 Å². The summed E-state index contributed by atoms with van der Waals surface area (Å²) >= 11 is 0. The molecule has 1 unspecified atom stereocenters. The van der Waals surface area contributed by atoms with Crippen molar-refractivity contribution in [1.82, 2.24) is 5.32 Å². The van der Waals surface area contributed by atoms with Gasteiger partial charge in [-0.15, -0.1) is 0 Å². The van der Waals surface area contributed by atoms with Crippen molar-refractivity contribution in [1.29, 1.82) is 0 Å². The first-order valence-corrected chi connectivity index (χ1v) is 10.8. The summed E-state index contributed by atoms with van der Waals surface area (Å²) in [5.41, 5.74) is 4.76. The third-order valence-corrected chi connectivity index (χ3v) is 5.16. The molecule has 0 spiro atoms. The predicted octanol–water partition coefficient (Wildman–Crippen LogP) is 5.73. The highest BCUT2D eigenvalue weighted by atomic mass is 16.5. The average molecular weight is 416 g/mol. The zero-order valence-electron chi connectivity index (χ0n) is 18.1. The zero-order valence-corrected chi connectivity index (χ0v) is 18.1. The van der Waals surface area contributed by atoms with E-state index < -0.39 is 0 Å². The van der Waals surface area contributed by atoms with Crippen LogP contribution in [0.25, 0.3) is 11.1 Å². The van der Waals surface area contributed by atoms with Gasteiger partial charge in [0.1, 0.15) is 0 Å². The Hall–Kier alpha value is -3.40. The number of benzene rings is 3. The standard InChI is InChI=1S/C27H29NO3/c1-3-10-25(24-14-9-8-13-23(24)21-11-6-5-7-12-21)28-26(29)19-20-15-17-22(18-16-20)27(30)31-4-2/h5-9,11-18,25H,3-4,10,19H2,1-2H3,(H,28,29). The van der Waals surface area contributed by atoms with Crippen molar-refractivity contribution in [3.8, 4) is 11.1 Å². The lowest BCUT2D eigenvalue weighted by molar-refractivity contribution is -0.121. The molecule has 4 heteroatoms. The molecule has 1 N–H and O–H groups in total. The highest BCUT2D eigenvalue weighted by Crippen LogP contribution is 2.30. The fourth-order valence-electron chi connectivity index (χ4n) is 3.68. The normalized spacial score (nSPS) is 11.5. The van der Waals surface area contributed by atoms with Crippen LogP contribution in [0.4, 0.5) is 0 Å². The fourth-order valence-corrected chi connectivity index (χ4v) is 3.68. The summed E-state index contributed by atoms with van der Waals surface area (Å²) in [4.78, 5) is 24.6. The SMILES string of the molecule is CCCC(NC(=O)Cc1ccc(C(=O)OCC)cc1)c1ccccc1-c1ccccc1. The van der Waals surface area contributed by atoms with Crippen molar-refractivity contribution in [2.24, 2.45) is 0 Å². The Labute approximate surface area is 184 Å². The molecule has 0 aliphatic carbocycles. The highest BCUT2D eigenvalue weighted by molar-refractivity contribution is 5.89. The molecule has 0 radical (unpaired) electrons. The molecule has 3 aromatic carbocycles. The van der Waals surface area contributed by atoms with Crippen LogP contribution in [0.15, 0.2) is 78.9 Å². The molecule has 4 nitrogen and oxygen atoms in total. The number of nitrogens with one attached hydrogen (secondary N) is 1. The van der Waals surface area contributed by atoms with Crippen LogP contribution in [0.2, 0.25) is 0 Å². The minimum absolute atomic E-state index is 0.0369. The van der Waals surface area contributed by atoms with Crippen LogP contribution in [0.1, 0.15) is 54.2 Å². The molecule has 3 aromatic rings. The monoisotopic (exact) mass is 415 g/mol. The van der Waals surface area contributed by atoms with Gasteiger partial charge in [0.2, 0.25) is 5.91 Å². The van der Waals surface area contributed by atoms with E-state index in [2.05, 4.69) is 36.5 Å². The summed E-state index contributed by atoms with van der Waals surface area (Å²) < 4.78 is 5.01. The smallest absolute Gasteiger partial charge is 0.338 e. The molecule has 0 aliphatic rings. The van der Waals surface area contributed by atoms with Crippen molar-refractivity contribution >= 4 is 11.9 Å². The number of carbonyl (C=O) groups excluding carboxylic acids is 2. The van der Waals surface area contributed by atoms with Gasteiger partial charge in [-0.1, -0.05) is 80.1 Å². The summed E-state index contributed by atoms with van der Waals surface area (Å²) in [5, 5.41) is 3.22. The first-order valence-electron chi connectivity index (χ1n) is 10.8. The van der Waals surface area contributed by atoms with Crippen LogP contribution < -0.4 is 5.32 Å². The number of ether oxygens (including phenoxy) is 1. The Morgan fingerprint density at radius 3 is 2.23 bits per heavy atom. The van der Waals surface area contributed by atoms with Gasteiger partial charge in [0.05, 0.1) is 24.6 Å². The minimum Gasteiger partial charge on any atom is -0.462 e. The van der Waals surface area contributed by atoms with Crippen LogP contribution >= 0.6 is 0 Å². The van der Waals surface area contributed by atoms with E-state index in [1.54, 1.807) is 31.2 Å². The van der Waals surface area contributed by atoms with Crippen molar-refractivity contribution in [3.05, 3.63) is 95.6 Å². The maximum atomic E-state index is 12.8. The molecule has 0 saturated heterocycles. The summed E-state index contributed by atoms with van der Waals surface area (Å²) in [6.45, 7) is 4.24.